The van der Waals surface area contributed by atoms with E-state index in [-0.39, 0.29) is 11.8 Å². The van der Waals surface area contributed by atoms with E-state index in [9.17, 15) is 9.59 Å². The molecule has 3 heterocycles. The summed E-state index contributed by atoms with van der Waals surface area (Å²) in [4.78, 5) is 33.5. The molecule has 1 aromatic carbocycles. The molecule has 0 unspecified atom stereocenters. The summed E-state index contributed by atoms with van der Waals surface area (Å²) in [6.45, 7) is 1.63. The van der Waals surface area contributed by atoms with Crippen molar-refractivity contribution >= 4 is 17.8 Å². The van der Waals surface area contributed by atoms with Gasteiger partial charge in [0.1, 0.15) is 5.54 Å². The Morgan fingerprint density at radius 2 is 1.93 bits per heavy atom. The van der Waals surface area contributed by atoms with Crippen LogP contribution in [0.25, 0.3) is 0 Å². The second-order valence-corrected chi connectivity index (χ2v) is 7.52. The van der Waals surface area contributed by atoms with Crippen LogP contribution in [-0.2, 0) is 11.3 Å². The normalized spacial score (nSPS) is 18.1. The molecule has 4 rings (SSSR count). The lowest BCUT2D eigenvalue weighted by Gasteiger charge is -2.35. The third-order valence-corrected chi connectivity index (χ3v) is 5.34. The predicted molar refractivity (Wildman–Crippen MR) is 105 cm³/mol. The molecule has 2 aliphatic heterocycles. The van der Waals surface area contributed by atoms with Gasteiger partial charge in [0, 0.05) is 33.4 Å². The van der Waals surface area contributed by atoms with Gasteiger partial charge < -0.3 is 9.80 Å². The predicted octanol–water partition coefficient (Wildman–Crippen LogP) is 0.954. The fourth-order valence-electron chi connectivity index (χ4n) is 3.64. The minimum atomic E-state index is -0.742. The van der Waals surface area contributed by atoms with Crippen molar-refractivity contribution < 1.29 is 9.59 Å². The first-order valence-corrected chi connectivity index (χ1v) is 9.41. The molecule has 1 spiro atoms. The van der Waals surface area contributed by atoms with Gasteiger partial charge >= 0.3 is 0 Å². The van der Waals surface area contributed by atoms with Crippen LogP contribution in [-0.4, -0.2) is 70.1 Å². The molecule has 0 aliphatic carbocycles. The maximum atomic E-state index is 12.9. The number of carbonyl (C=O) groups excluding carboxylic acids is 2. The van der Waals surface area contributed by atoms with Crippen LogP contribution in [0.2, 0.25) is 0 Å². The van der Waals surface area contributed by atoms with Gasteiger partial charge in [0.05, 0.1) is 18.3 Å². The number of benzene rings is 1. The van der Waals surface area contributed by atoms with Crippen molar-refractivity contribution in [3.05, 3.63) is 53.9 Å². The molecule has 0 bridgehead atoms. The summed E-state index contributed by atoms with van der Waals surface area (Å²) in [7, 11) is 3.70. The van der Waals surface area contributed by atoms with Crippen molar-refractivity contribution in [1.82, 2.24) is 24.9 Å². The van der Waals surface area contributed by atoms with Gasteiger partial charge in [-0.05, 0) is 18.4 Å². The second kappa shape index (κ2) is 7.10. The third-order valence-electron chi connectivity index (χ3n) is 5.34. The van der Waals surface area contributed by atoms with Gasteiger partial charge in [0.25, 0.3) is 11.8 Å². The second-order valence-electron chi connectivity index (χ2n) is 7.52. The summed E-state index contributed by atoms with van der Waals surface area (Å²) in [6, 6.07) is 10.0. The van der Waals surface area contributed by atoms with Gasteiger partial charge in [0.15, 0.2) is 0 Å². The van der Waals surface area contributed by atoms with Gasteiger partial charge in [-0.15, -0.1) is 0 Å². The smallest absolute Gasteiger partial charge is 0.257 e. The number of amides is 2. The number of hydrogen-bond acceptors (Lipinski definition) is 5. The molecule has 1 fully saturated rings. The summed E-state index contributed by atoms with van der Waals surface area (Å²) >= 11 is 0. The first-order valence-electron chi connectivity index (χ1n) is 9.41. The minimum Gasteiger partial charge on any atom is -0.349 e. The van der Waals surface area contributed by atoms with Crippen molar-refractivity contribution in [2.75, 3.05) is 27.2 Å². The van der Waals surface area contributed by atoms with Crippen molar-refractivity contribution in [2.45, 2.75) is 24.9 Å². The number of likely N-dealkylation sites (tertiary alicyclic amines) is 1. The van der Waals surface area contributed by atoms with E-state index in [0.717, 1.165) is 5.56 Å². The maximum Gasteiger partial charge on any atom is 0.257 e. The van der Waals surface area contributed by atoms with Gasteiger partial charge in [0.2, 0.25) is 5.96 Å². The molecular weight excluding hydrogens is 356 g/mol. The average molecular weight is 380 g/mol. The monoisotopic (exact) mass is 380 g/mol. The van der Waals surface area contributed by atoms with E-state index in [1.54, 1.807) is 26.9 Å². The van der Waals surface area contributed by atoms with Crippen LogP contribution in [0.1, 0.15) is 28.8 Å². The van der Waals surface area contributed by atoms with Gasteiger partial charge in [-0.3, -0.25) is 19.6 Å². The molecule has 2 aliphatic rings. The number of nitrogens with one attached hydrogen (secondary N) is 1. The number of piperidine rings is 1. The zero-order valence-electron chi connectivity index (χ0n) is 16.1. The summed E-state index contributed by atoms with van der Waals surface area (Å²) in [6.07, 6.45) is 4.45. The van der Waals surface area contributed by atoms with E-state index in [4.69, 9.17) is 0 Å². The van der Waals surface area contributed by atoms with Gasteiger partial charge in [-0.2, -0.15) is 5.10 Å². The Morgan fingerprint density at radius 3 is 2.57 bits per heavy atom. The number of carbonyl (C=O) groups is 2. The van der Waals surface area contributed by atoms with Crippen LogP contribution in [0.3, 0.4) is 0 Å². The number of aliphatic imine (C=N–C) groups is 1. The third kappa shape index (κ3) is 3.37. The molecule has 1 saturated heterocycles. The standard InChI is InChI=1S/C20H24N6O2/c1-24(2)19-22-18(28)20(23-19)8-10-25(11-9-20)17(27)16-12-21-26(14-16)13-15-6-4-3-5-7-15/h3-7,12,14H,8-11,13H2,1-2H3,(H,22,23,28). The van der Waals surface area contributed by atoms with Crippen molar-refractivity contribution in [2.24, 2.45) is 4.99 Å². The van der Waals surface area contributed by atoms with E-state index in [1.807, 2.05) is 44.4 Å². The number of hydrogen-bond donors (Lipinski definition) is 1. The molecule has 0 radical (unpaired) electrons. The first-order chi connectivity index (χ1) is 13.5. The summed E-state index contributed by atoms with van der Waals surface area (Å²) in [5.41, 5.74) is 0.958. The quantitative estimate of drug-likeness (QED) is 0.860. The fourth-order valence-corrected chi connectivity index (χ4v) is 3.64. The van der Waals surface area contributed by atoms with Crippen LogP contribution < -0.4 is 5.32 Å². The molecular formula is C20H24N6O2. The number of nitrogens with zero attached hydrogens (tertiary/aromatic N) is 5. The molecule has 28 heavy (non-hydrogen) atoms. The Kier molecular flexibility index (Phi) is 4.62. The topological polar surface area (TPSA) is 82.8 Å². The Hall–Kier alpha value is -3.16. The van der Waals surface area contributed by atoms with E-state index < -0.39 is 5.54 Å². The highest BCUT2D eigenvalue weighted by atomic mass is 16.2. The minimum absolute atomic E-state index is 0.0515. The molecule has 2 amide bonds. The highest BCUT2D eigenvalue weighted by Crippen LogP contribution is 2.30. The highest BCUT2D eigenvalue weighted by Gasteiger charge is 2.46. The summed E-state index contributed by atoms with van der Waals surface area (Å²) < 4.78 is 1.77. The maximum absolute atomic E-state index is 12.9. The Balaban J connectivity index is 1.40. The lowest BCUT2D eigenvalue weighted by atomic mass is 9.88. The molecule has 2 aromatic rings. The van der Waals surface area contributed by atoms with Crippen molar-refractivity contribution in [3.63, 3.8) is 0 Å². The van der Waals surface area contributed by atoms with Crippen LogP contribution in [0.4, 0.5) is 0 Å². The highest BCUT2D eigenvalue weighted by molar-refractivity contribution is 6.07. The van der Waals surface area contributed by atoms with Gasteiger partial charge in [-0.1, -0.05) is 30.3 Å². The molecule has 8 heteroatoms. The zero-order valence-corrected chi connectivity index (χ0v) is 16.1. The first kappa shape index (κ1) is 18.2. The van der Waals surface area contributed by atoms with E-state index in [0.29, 0.717) is 44.0 Å². The molecule has 1 aromatic heterocycles. The Morgan fingerprint density at radius 1 is 1.21 bits per heavy atom. The SMILES string of the molecule is CN(C)C1=NC2(CCN(C(=O)c3cnn(Cc4ccccc4)c3)CC2)C(=O)N1. The Labute approximate surface area is 163 Å². The van der Waals surface area contributed by atoms with Crippen LogP contribution in [0.15, 0.2) is 47.7 Å². The van der Waals surface area contributed by atoms with Crippen molar-refractivity contribution in [1.29, 1.82) is 0 Å². The molecule has 1 N–H and O–H groups in total. The summed E-state index contributed by atoms with van der Waals surface area (Å²) in [5.74, 6) is 0.468. The molecule has 0 atom stereocenters. The number of rotatable bonds is 3. The van der Waals surface area contributed by atoms with E-state index >= 15 is 0 Å². The lowest BCUT2D eigenvalue weighted by Crippen LogP contribution is -2.50. The number of aromatic nitrogens is 2. The lowest BCUT2D eigenvalue weighted by molar-refractivity contribution is -0.125. The van der Waals surface area contributed by atoms with E-state index in [2.05, 4.69) is 15.4 Å². The summed E-state index contributed by atoms with van der Waals surface area (Å²) in [5, 5.41) is 7.15. The molecule has 0 saturated carbocycles. The van der Waals surface area contributed by atoms with Crippen LogP contribution >= 0.6 is 0 Å². The zero-order chi connectivity index (χ0) is 19.7. The van der Waals surface area contributed by atoms with Gasteiger partial charge in [-0.25, -0.2) is 4.99 Å². The van der Waals surface area contributed by atoms with E-state index in [1.165, 1.54) is 0 Å². The molecule has 146 valence electrons. The number of guanidine groups is 1. The largest absolute Gasteiger partial charge is 0.349 e. The van der Waals surface area contributed by atoms with Crippen LogP contribution in [0, 0.1) is 0 Å². The fraction of sp³-hybridized carbons (Fsp3) is 0.400. The van der Waals surface area contributed by atoms with Crippen LogP contribution in [0.5, 0.6) is 0 Å². The molecule has 8 nitrogen and oxygen atoms in total. The average Bonchev–Trinajstić information content (AvgIpc) is 3.28. The Bertz CT molecular complexity index is 910. The van der Waals surface area contributed by atoms with Crippen molar-refractivity contribution in [3.8, 4) is 0 Å².